The largest absolute Gasteiger partial charge is 0.478 e. The summed E-state index contributed by atoms with van der Waals surface area (Å²) >= 11 is 7.64. The van der Waals surface area contributed by atoms with Gasteiger partial charge in [0.15, 0.2) is 0 Å². The van der Waals surface area contributed by atoms with Gasteiger partial charge in [-0.05, 0) is 49.7 Å². The van der Waals surface area contributed by atoms with Crippen molar-refractivity contribution in [2.75, 3.05) is 0 Å². The second-order valence-electron chi connectivity index (χ2n) is 4.89. The van der Waals surface area contributed by atoms with Crippen LogP contribution in [0.4, 0.5) is 0 Å². The summed E-state index contributed by atoms with van der Waals surface area (Å²) in [6, 6.07) is 9.04. The van der Waals surface area contributed by atoms with Gasteiger partial charge in [0.05, 0.1) is 21.7 Å². The molecule has 2 aromatic heterocycles. The SMILES string of the molecule is Cc1ccc(-c2cc(C(=O)O)c3cc(Cl)cc(C)c3n2)s1. The van der Waals surface area contributed by atoms with E-state index in [1.165, 1.54) is 0 Å². The highest BCUT2D eigenvalue weighted by molar-refractivity contribution is 7.15. The topological polar surface area (TPSA) is 50.2 Å². The highest BCUT2D eigenvalue weighted by atomic mass is 35.5. The number of aromatic nitrogens is 1. The molecule has 106 valence electrons. The van der Waals surface area contributed by atoms with Gasteiger partial charge in [0, 0.05) is 15.3 Å². The fraction of sp³-hybridized carbons (Fsp3) is 0.125. The van der Waals surface area contributed by atoms with Crippen LogP contribution in [0.3, 0.4) is 0 Å². The highest BCUT2D eigenvalue weighted by Gasteiger charge is 2.15. The third-order valence-corrected chi connectivity index (χ3v) is 4.53. The van der Waals surface area contributed by atoms with Crippen LogP contribution in [0.15, 0.2) is 30.3 Å². The van der Waals surface area contributed by atoms with Crippen molar-refractivity contribution in [1.82, 2.24) is 4.98 Å². The van der Waals surface area contributed by atoms with Crippen LogP contribution >= 0.6 is 22.9 Å². The first-order chi connectivity index (χ1) is 9.95. The van der Waals surface area contributed by atoms with E-state index in [1.807, 2.05) is 26.0 Å². The van der Waals surface area contributed by atoms with Crippen LogP contribution in [-0.4, -0.2) is 16.1 Å². The summed E-state index contributed by atoms with van der Waals surface area (Å²) < 4.78 is 0. The molecule has 0 unspecified atom stereocenters. The van der Waals surface area contributed by atoms with Crippen LogP contribution in [0.1, 0.15) is 20.8 Å². The van der Waals surface area contributed by atoms with Crippen LogP contribution in [-0.2, 0) is 0 Å². The van der Waals surface area contributed by atoms with Gasteiger partial charge in [-0.2, -0.15) is 0 Å². The molecule has 3 aromatic rings. The second-order valence-corrected chi connectivity index (χ2v) is 6.61. The maximum Gasteiger partial charge on any atom is 0.336 e. The number of aromatic carboxylic acids is 1. The quantitative estimate of drug-likeness (QED) is 0.729. The lowest BCUT2D eigenvalue weighted by molar-refractivity contribution is 0.0699. The van der Waals surface area contributed by atoms with Crippen molar-refractivity contribution in [2.45, 2.75) is 13.8 Å². The Bertz CT molecular complexity index is 870. The number of benzene rings is 1. The van der Waals surface area contributed by atoms with Gasteiger partial charge in [-0.1, -0.05) is 11.6 Å². The number of carboxylic acid groups (broad SMARTS) is 1. The number of halogens is 1. The van der Waals surface area contributed by atoms with Crippen molar-refractivity contribution in [3.63, 3.8) is 0 Å². The molecule has 0 saturated heterocycles. The van der Waals surface area contributed by atoms with Crippen LogP contribution in [0, 0.1) is 13.8 Å². The number of carbonyl (C=O) groups is 1. The molecule has 0 bridgehead atoms. The predicted molar refractivity (Wildman–Crippen MR) is 86.5 cm³/mol. The van der Waals surface area contributed by atoms with Gasteiger partial charge >= 0.3 is 5.97 Å². The Labute approximate surface area is 130 Å². The molecule has 0 aliphatic rings. The molecule has 0 radical (unpaired) electrons. The third kappa shape index (κ3) is 2.52. The normalized spacial score (nSPS) is 11.0. The van der Waals surface area contributed by atoms with Gasteiger partial charge in [-0.15, -0.1) is 11.3 Å². The molecule has 0 aliphatic carbocycles. The molecule has 0 aliphatic heterocycles. The molecular weight excluding hydrogens is 306 g/mol. The molecule has 0 fully saturated rings. The number of nitrogens with zero attached hydrogens (tertiary/aromatic N) is 1. The van der Waals surface area contributed by atoms with E-state index >= 15 is 0 Å². The Morgan fingerprint density at radius 2 is 2.00 bits per heavy atom. The third-order valence-electron chi connectivity index (χ3n) is 3.29. The Morgan fingerprint density at radius 3 is 2.62 bits per heavy atom. The molecule has 21 heavy (non-hydrogen) atoms. The monoisotopic (exact) mass is 317 g/mol. The van der Waals surface area contributed by atoms with Gasteiger partial charge in [-0.3, -0.25) is 0 Å². The summed E-state index contributed by atoms with van der Waals surface area (Å²) in [5.41, 5.74) is 2.46. The number of hydrogen-bond acceptors (Lipinski definition) is 3. The first-order valence-electron chi connectivity index (χ1n) is 6.36. The number of carboxylic acids is 1. The fourth-order valence-corrected chi connectivity index (χ4v) is 3.43. The first-order valence-corrected chi connectivity index (χ1v) is 7.56. The van der Waals surface area contributed by atoms with Crippen molar-refractivity contribution < 1.29 is 9.90 Å². The highest BCUT2D eigenvalue weighted by Crippen LogP contribution is 2.32. The van der Waals surface area contributed by atoms with E-state index in [2.05, 4.69) is 4.98 Å². The first kappa shape index (κ1) is 14.0. The van der Waals surface area contributed by atoms with Crippen molar-refractivity contribution >= 4 is 39.8 Å². The summed E-state index contributed by atoms with van der Waals surface area (Å²) in [5.74, 6) is -0.974. The molecule has 2 heterocycles. The number of rotatable bonds is 2. The zero-order valence-corrected chi connectivity index (χ0v) is 13.0. The Morgan fingerprint density at radius 1 is 1.24 bits per heavy atom. The number of fused-ring (bicyclic) bond motifs is 1. The number of aryl methyl sites for hydroxylation is 2. The van der Waals surface area contributed by atoms with Gasteiger partial charge in [0.1, 0.15) is 0 Å². The predicted octanol–water partition coefficient (Wildman–Crippen LogP) is 4.93. The molecule has 3 rings (SSSR count). The van der Waals surface area contributed by atoms with Crippen molar-refractivity contribution in [1.29, 1.82) is 0 Å². The Balaban J connectivity index is 2.37. The lowest BCUT2D eigenvalue weighted by atomic mass is 10.0. The minimum Gasteiger partial charge on any atom is -0.478 e. The average molecular weight is 318 g/mol. The average Bonchev–Trinajstić information content (AvgIpc) is 2.84. The van der Waals surface area contributed by atoms with E-state index in [0.717, 1.165) is 15.3 Å². The second kappa shape index (κ2) is 5.13. The maximum absolute atomic E-state index is 11.6. The molecule has 0 spiro atoms. The fourth-order valence-electron chi connectivity index (χ4n) is 2.33. The smallest absolute Gasteiger partial charge is 0.336 e. The van der Waals surface area contributed by atoms with Crippen molar-refractivity contribution in [3.05, 3.63) is 51.4 Å². The van der Waals surface area contributed by atoms with E-state index in [1.54, 1.807) is 29.5 Å². The molecule has 1 aromatic carbocycles. The van der Waals surface area contributed by atoms with Gasteiger partial charge < -0.3 is 5.11 Å². The molecule has 0 saturated carbocycles. The summed E-state index contributed by atoms with van der Waals surface area (Å²) in [7, 11) is 0. The standard InChI is InChI=1S/C16H12ClNO2S/c1-8-5-10(17)6-11-12(16(19)20)7-13(18-15(8)11)14-4-3-9(2)21-14/h3-7H,1-2H3,(H,19,20). The van der Waals surface area contributed by atoms with Gasteiger partial charge in [0.25, 0.3) is 0 Å². The van der Waals surface area contributed by atoms with E-state index in [0.29, 0.717) is 21.6 Å². The van der Waals surface area contributed by atoms with E-state index in [4.69, 9.17) is 11.6 Å². The van der Waals surface area contributed by atoms with E-state index in [-0.39, 0.29) is 5.56 Å². The molecule has 0 amide bonds. The lowest BCUT2D eigenvalue weighted by Gasteiger charge is -2.08. The van der Waals surface area contributed by atoms with Gasteiger partial charge in [0.2, 0.25) is 0 Å². The Hall–Kier alpha value is -1.91. The maximum atomic E-state index is 11.6. The molecule has 5 heteroatoms. The molecular formula is C16H12ClNO2S. The van der Waals surface area contributed by atoms with Crippen LogP contribution in [0.25, 0.3) is 21.5 Å². The van der Waals surface area contributed by atoms with E-state index in [9.17, 15) is 9.90 Å². The summed E-state index contributed by atoms with van der Waals surface area (Å²) in [4.78, 5) is 18.3. The summed E-state index contributed by atoms with van der Waals surface area (Å²) in [6.45, 7) is 3.90. The lowest BCUT2D eigenvalue weighted by Crippen LogP contribution is -2.01. The van der Waals surface area contributed by atoms with Crippen molar-refractivity contribution in [2.24, 2.45) is 0 Å². The number of pyridine rings is 1. The number of hydrogen-bond donors (Lipinski definition) is 1. The van der Waals surface area contributed by atoms with Crippen LogP contribution in [0.5, 0.6) is 0 Å². The molecule has 1 N–H and O–H groups in total. The van der Waals surface area contributed by atoms with E-state index < -0.39 is 5.97 Å². The summed E-state index contributed by atoms with van der Waals surface area (Å²) in [6.07, 6.45) is 0. The number of thiophene rings is 1. The van der Waals surface area contributed by atoms with Crippen LogP contribution in [0.2, 0.25) is 5.02 Å². The minimum absolute atomic E-state index is 0.228. The zero-order chi connectivity index (χ0) is 15.1. The molecule has 3 nitrogen and oxygen atoms in total. The Kier molecular flexibility index (Phi) is 3.43. The zero-order valence-electron chi connectivity index (χ0n) is 11.5. The van der Waals surface area contributed by atoms with Crippen LogP contribution < -0.4 is 0 Å². The summed E-state index contributed by atoms with van der Waals surface area (Å²) in [5, 5.41) is 10.6. The minimum atomic E-state index is -0.974. The molecule has 0 atom stereocenters. The van der Waals surface area contributed by atoms with Crippen molar-refractivity contribution in [3.8, 4) is 10.6 Å². The van der Waals surface area contributed by atoms with Gasteiger partial charge in [-0.25, -0.2) is 9.78 Å².